The molecule has 0 fully saturated rings. The predicted octanol–water partition coefficient (Wildman–Crippen LogP) is 4.14. The third-order valence-corrected chi connectivity index (χ3v) is 5.05. The molecule has 0 saturated carbocycles. The summed E-state index contributed by atoms with van der Waals surface area (Å²) in [4.78, 5) is 29.7. The van der Waals surface area contributed by atoms with E-state index in [9.17, 15) is 14.9 Å². The average molecular weight is 424 g/mol. The molecule has 1 heterocycles. The van der Waals surface area contributed by atoms with Crippen LogP contribution in [-0.4, -0.2) is 45.6 Å². The number of aromatic nitrogens is 2. The number of methoxy groups -OCH3 is 1. The lowest BCUT2D eigenvalue weighted by molar-refractivity contribution is -0.384. The van der Waals surface area contributed by atoms with Gasteiger partial charge >= 0.3 is 0 Å². The number of hydrogen-bond donors (Lipinski definition) is 0. The molecule has 2 aromatic carbocycles. The Kier molecular flexibility index (Phi) is 6.96. The van der Waals surface area contributed by atoms with Crippen molar-refractivity contribution < 1.29 is 19.0 Å². The lowest BCUT2D eigenvalue weighted by Gasteiger charge is -2.28. The Labute approximate surface area is 179 Å². The molecule has 3 rings (SSSR count). The zero-order chi connectivity index (χ0) is 22.4. The second-order valence-electron chi connectivity index (χ2n) is 7.06. The SMILES string of the molecule is CCC(C)N(CCc1nc(-c2cccc(OC)c2)no1)C(=O)c1cccc([N+](=O)[O-])c1. The summed E-state index contributed by atoms with van der Waals surface area (Å²) in [6, 6.07) is 13.0. The molecule has 162 valence electrons. The first-order valence-corrected chi connectivity index (χ1v) is 9.95. The smallest absolute Gasteiger partial charge is 0.270 e. The average Bonchev–Trinajstić information content (AvgIpc) is 3.28. The highest BCUT2D eigenvalue weighted by molar-refractivity contribution is 5.95. The second kappa shape index (κ2) is 9.84. The van der Waals surface area contributed by atoms with Gasteiger partial charge in [0, 0.05) is 42.3 Å². The third-order valence-electron chi connectivity index (χ3n) is 5.05. The lowest BCUT2D eigenvalue weighted by atomic mass is 10.1. The fourth-order valence-electron chi connectivity index (χ4n) is 3.11. The van der Waals surface area contributed by atoms with Gasteiger partial charge in [0.05, 0.1) is 12.0 Å². The fraction of sp³-hybridized carbons (Fsp3) is 0.318. The molecule has 1 amide bonds. The van der Waals surface area contributed by atoms with E-state index in [2.05, 4.69) is 10.1 Å². The van der Waals surface area contributed by atoms with E-state index >= 15 is 0 Å². The summed E-state index contributed by atoms with van der Waals surface area (Å²) in [5.41, 5.74) is 0.924. The largest absolute Gasteiger partial charge is 0.497 e. The molecule has 9 heteroatoms. The number of nitro benzene ring substituents is 1. The minimum absolute atomic E-state index is 0.0625. The van der Waals surface area contributed by atoms with E-state index in [0.717, 1.165) is 12.0 Å². The number of rotatable bonds is 9. The number of hydrogen-bond acceptors (Lipinski definition) is 7. The van der Waals surface area contributed by atoms with Crippen molar-refractivity contribution in [1.82, 2.24) is 15.0 Å². The maximum absolute atomic E-state index is 13.1. The van der Waals surface area contributed by atoms with Crippen LogP contribution in [0.3, 0.4) is 0 Å². The topological polar surface area (TPSA) is 112 Å². The normalized spacial score (nSPS) is 11.7. The van der Waals surface area contributed by atoms with Gasteiger partial charge in [0.2, 0.25) is 11.7 Å². The van der Waals surface area contributed by atoms with Crippen molar-refractivity contribution >= 4 is 11.6 Å². The van der Waals surface area contributed by atoms with E-state index in [4.69, 9.17) is 9.26 Å². The van der Waals surface area contributed by atoms with Crippen LogP contribution in [0.25, 0.3) is 11.4 Å². The van der Waals surface area contributed by atoms with Crippen molar-refractivity contribution in [3.8, 4) is 17.1 Å². The Morgan fingerprint density at radius 3 is 2.74 bits per heavy atom. The molecule has 0 radical (unpaired) electrons. The van der Waals surface area contributed by atoms with Crippen LogP contribution in [0.1, 0.15) is 36.5 Å². The Morgan fingerprint density at radius 1 is 1.26 bits per heavy atom. The fourth-order valence-corrected chi connectivity index (χ4v) is 3.11. The van der Waals surface area contributed by atoms with Gasteiger partial charge in [-0.1, -0.05) is 30.3 Å². The number of amides is 1. The van der Waals surface area contributed by atoms with E-state index in [1.54, 1.807) is 18.1 Å². The molecular formula is C22H24N4O5. The number of nitrogens with zero attached hydrogens (tertiary/aromatic N) is 4. The van der Waals surface area contributed by atoms with Crippen molar-refractivity contribution in [3.63, 3.8) is 0 Å². The van der Waals surface area contributed by atoms with Crippen molar-refractivity contribution in [2.45, 2.75) is 32.7 Å². The van der Waals surface area contributed by atoms with Crippen LogP contribution in [-0.2, 0) is 6.42 Å². The summed E-state index contributed by atoms with van der Waals surface area (Å²) in [6.07, 6.45) is 1.10. The minimum Gasteiger partial charge on any atom is -0.497 e. The zero-order valence-electron chi connectivity index (χ0n) is 17.6. The van der Waals surface area contributed by atoms with Crippen molar-refractivity contribution in [2.24, 2.45) is 0 Å². The molecule has 1 aromatic heterocycles. The van der Waals surface area contributed by atoms with Crippen LogP contribution in [0.5, 0.6) is 5.75 Å². The van der Waals surface area contributed by atoms with Gasteiger partial charge in [0.25, 0.3) is 11.6 Å². The molecule has 1 atom stereocenters. The molecule has 0 N–H and O–H groups in total. The van der Waals surface area contributed by atoms with Crippen LogP contribution in [0, 0.1) is 10.1 Å². The third kappa shape index (κ3) is 5.25. The molecule has 0 bridgehead atoms. The monoisotopic (exact) mass is 424 g/mol. The van der Waals surface area contributed by atoms with E-state index in [0.29, 0.717) is 30.4 Å². The van der Waals surface area contributed by atoms with Crippen LogP contribution >= 0.6 is 0 Å². The number of nitro groups is 1. The molecule has 0 saturated heterocycles. The summed E-state index contributed by atoms with van der Waals surface area (Å²) in [5, 5.41) is 15.1. The van der Waals surface area contributed by atoms with Gasteiger partial charge in [0.15, 0.2) is 0 Å². The van der Waals surface area contributed by atoms with E-state index in [-0.39, 0.29) is 23.2 Å². The number of carbonyl (C=O) groups is 1. The highest BCUT2D eigenvalue weighted by atomic mass is 16.6. The summed E-state index contributed by atoms with van der Waals surface area (Å²) < 4.78 is 10.6. The van der Waals surface area contributed by atoms with E-state index in [1.807, 2.05) is 38.1 Å². The zero-order valence-corrected chi connectivity index (χ0v) is 17.6. The summed E-state index contributed by atoms with van der Waals surface area (Å²) in [5.74, 6) is 1.26. The highest BCUT2D eigenvalue weighted by Gasteiger charge is 2.23. The molecule has 0 aliphatic carbocycles. The van der Waals surface area contributed by atoms with Gasteiger partial charge in [-0.25, -0.2) is 0 Å². The molecule has 9 nitrogen and oxygen atoms in total. The second-order valence-corrected chi connectivity index (χ2v) is 7.06. The number of benzene rings is 2. The minimum atomic E-state index is -0.511. The van der Waals surface area contributed by atoms with E-state index in [1.165, 1.54) is 18.2 Å². The van der Waals surface area contributed by atoms with Crippen LogP contribution in [0.2, 0.25) is 0 Å². The van der Waals surface area contributed by atoms with Crippen LogP contribution in [0.15, 0.2) is 53.1 Å². The quantitative estimate of drug-likeness (QED) is 0.375. The maximum Gasteiger partial charge on any atom is 0.270 e. The van der Waals surface area contributed by atoms with Gasteiger partial charge in [-0.15, -0.1) is 0 Å². The highest BCUT2D eigenvalue weighted by Crippen LogP contribution is 2.22. The molecule has 3 aromatic rings. The number of non-ortho nitro benzene ring substituents is 1. The first-order chi connectivity index (χ1) is 14.9. The molecular weight excluding hydrogens is 400 g/mol. The van der Waals surface area contributed by atoms with Crippen LogP contribution in [0.4, 0.5) is 5.69 Å². The standard InChI is InChI=1S/C22H24N4O5/c1-4-15(2)25(22(27)17-8-5-9-18(13-17)26(28)29)12-11-20-23-21(24-31-20)16-7-6-10-19(14-16)30-3/h5-10,13-15H,4,11-12H2,1-3H3. The molecule has 0 aliphatic rings. The Bertz CT molecular complexity index is 1070. The first kappa shape index (κ1) is 21.9. The first-order valence-electron chi connectivity index (χ1n) is 9.95. The Balaban J connectivity index is 1.75. The van der Waals surface area contributed by atoms with Gasteiger partial charge < -0.3 is 14.2 Å². The molecule has 0 spiro atoms. The van der Waals surface area contributed by atoms with Crippen molar-refractivity contribution in [3.05, 3.63) is 70.1 Å². The summed E-state index contributed by atoms with van der Waals surface area (Å²) in [7, 11) is 1.59. The molecule has 0 aliphatic heterocycles. The van der Waals surface area contributed by atoms with Crippen molar-refractivity contribution in [2.75, 3.05) is 13.7 Å². The summed E-state index contributed by atoms with van der Waals surface area (Å²) >= 11 is 0. The number of ether oxygens (including phenoxy) is 1. The van der Waals surface area contributed by atoms with Gasteiger partial charge in [-0.05, 0) is 31.5 Å². The van der Waals surface area contributed by atoms with Gasteiger partial charge in [-0.2, -0.15) is 4.98 Å². The summed E-state index contributed by atoms with van der Waals surface area (Å²) in [6.45, 7) is 4.26. The predicted molar refractivity (Wildman–Crippen MR) is 114 cm³/mol. The molecule has 1 unspecified atom stereocenters. The van der Waals surface area contributed by atoms with Crippen LogP contribution < -0.4 is 4.74 Å². The maximum atomic E-state index is 13.1. The Hall–Kier alpha value is -3.75. The number of carbonyl (C=O) groups excluding carboxylic acids is 1. The van der Waals surface area contributed by atoms with E-state index < -0.39 is 4.92 Å². The lowest BCUT2D eigenvalue weighted by Crippen LogP contribution is -2.39. The van der Waals surface area contributed by atoms with Crippen molar-refractivity contribution in [1.29, 1.82) is 0 Å². The molecule has 31 heavy (non-hydrogen) atoms. The Morgan fingerprint density at radius 2 is 2.03 bits per heavy atom. The van der Waals surface area contributed by atoms with Gasteiger partial charge in [0.1, 0.15) is 5.75 Å². The van der Waals surface area contributed by atoms with Gasteiger partial charge in [-0.3, -0.25) is 14.9 Å².